The molecule has 0 aromatic heterocycles. The lowest BCUT2D eigenvalue weighted by molar-refractivity contribution is 0.221. The minimum atomic E-state index is -2.50. The number of hydrogen-bond acceptors (Lipinski definition) is 7. The summed E-state index contributed by atoms with van der Waals surface area (Å²) in [5, 5.41) is 35.7. The number of aliphatic hydroxyl groups excluding tert-OH is 4. The smallest absolute Gasteiger partial charge is 0.319 e. The summed E-state index contributed by atoms with van der Waals surface area (Å²) >= 11 is 0. The summed E-state index contributed by atoms with van der Waals surface area (Å²) in [5.41, 5.74) is 2.36. The first-order chi connectivity index (χ1) is 13.7. The molecule has 0 heterocycles. The zero-order valence-electron chi connectivity index (χ0n) is 17.0. The highest BCUT2D eigenvalue weighted by atomic mass is 31.1. The summed E-state index contributed by atoms with van der Waals surface area (Å²) < 4.78 is 22.3. The molecule has 0 saturated heterocycles. The van der Waals surface area contributed by atoms with Crippen LogP contribution in [0, 0.1) is 0 Å². The normalized spacial score (nSPS) is 13.9. The van der Waals surface area contributed by atoms with E-state index >= 15 is 0 Å². The maximum absolute atomic E-state index is 11.8. The predicted molar refractivity (Wildman–Crippen MR) is 112 cm³/mol. The van der Waals surface area contributed by atoms with Crippen molar-refractivity contribution in [3.05, 3.63) is 23.3 Å². The molecule has 0 unspecified atom stereocenters. The first-order valence-corrected chi connectivity index (χ1v) is 11.5. The zero-order valence-corrected chi connectivity index (χ0v) is 18.0. The molecule has 0 aliphatic carbocycles. The van der Waals surface area contributed by atoms with Crippen molar-refractivity contribution >= 4 is 8.25 Å². The van der Waals surface area contributed by atoms with Gasteiger partial charge in [-0.1, -0.05) is 23.3 Å². The second-order valence-electron chi connectivity index (χ2n) is 6.56. The van der Waals surface area contributed by atoms with Gasteiger partial charge in [-0.15, -0.1) is 0 Å². The van der Waals surface area contributed by atoms with Gasteiger partial charge in [0.1, 0.15) is 0 Å². The third kappa shape index (κ3) is 17.6. The van der Waals surface area contributed by atoms with Gasteiger partial charge >= 0.3 is 8.25 Å². The second kappa shape index (κ2) is 21.2. The molecule has 0 fully saturated rings. The quantitative estimate of drug-likeness (QED) is 0.135. The first kappa shape index (κ1) is 27.5. The van der Waals surface area contributed by atoms with Gasteiger partial charge in [0.15, 0.2) is 0 Å². The van der Waals surface area contributed by atoms with Crippen LogP contribution >= 0.6 is 8.25 Å². The van der Waals surface area contributed by atoms with Crippen molar-refractivity contribution in [1.82, 2.24) is 0 Å². The third-order valence-corrected chi connectivity index (χ3v) is 5.04. The number of allylic oxidation sites excluding steroid dienone is 2. The molecule has 0 aromatic carbocycles. The fourth-order valence-electron chi connectivity index (χ4n) is 2.76. The Kier molecular flexibility index (Phi) is 20.8. The van der Waals surface area contributed by atoms with E-state index in [2.05, 4.69) is 0 Å². The van der Waals surface area contributed by atoms with Crippen molar-refractivity contribution in [2.24, 2.45) is 0 Å². The summed E-state index contributed by atoms with van der Waals surface area (Å²) in [7, 11) is -2.50. The standard InChI is InChI=1S/C20H39O7P/c21-13-1-7-19(8-2-14-22)11-5-17-26-28(25)27-18-6-12-20(9-3-15-23)10-4-16-24/h7,9,21-24,28H,1-6,8,10-18H2. The van der Waals surface area contributed by atoms with Gasteiger partial charge in [-0.2, -0.15) is 0 Å². The predicted octanol–water partition coefficient (Wildman–Crippen LogP) is 3.13. The highest BCUT2D eigenvalue weighted by molar-refractivity contribution is 7.33. The van der Waals surface area contributed by atoms with Gasteiger partial charge in [-0.05, 0) is 64.2 Å². The molecule has 0 aromatic rings. The van der Waals surface area contributed by atoms with E-state index in [1.165, 1.54) is 11.1 Å². The number of aliphatic hydroxyl groups is 4. The van der Waals surface area contributed by atoms with Crippen LogP contribution in [0.1, 0.15) is 64.2 Å². The van der Waals surface area contributed by atoms with Crippen molar-refractivity contribution in [2.75, 3.05) is 39.6 Å². The van der Waals surface area contributed by atoms with Gasteiger partial charge in [0, 0.05) is 26.4 Å². The van der Waals surface area contributed by atoms with Gasteiger partial charge in [-0.3, -0.25) is 4.57 Å². The van der Waals surface area contributed by atoms with E-state index in [0.29, 0.717) is 38.9 Å². The zero-order chi connectivity index (χ0) is 20.9. The summed E-state index contributed by atoms with van der Waals surface area (Å²) in [5.74, 6) is 0. The maximum atomic E-state index is 11.8. The molecule has 0 radical (unpaired) electrons. The monoisotopic (exact) mass is 422 g/mol. The Labute approximate surface area is 170 Å². The Hall–Kier alpha value is -0.530. The SMILES string of the molecule is O=[PH](OCCCC(=CCCO)CCCO)OCCCC(=CCCO)CCCO. The average Bonchev–Trinajstić information content (AvgIpc) is 2.71. The summed E-state index contributed by atoms with van der Waals surface area (Å²) in [6.07, 6.45) is 11.2. The molecular formula is C20H39O7P. The highest BCUT2D eigenvalue weighted by Gasteiger charge is 2.04. The molecule has 7 nitrogen and oxygen atoms in total. The molecule has 8 heteroatoms. The van der Waals surface area contributed by atoms with Gasteiger partial charge in [0.05, 0.1) is 13.2 Å². The van der Waals surface area contributed by atoms with Gasteiger partial charge in [0.25, 0.3) is 0 Å². The van der Waals surface area contributed by atoms with E-state index in [0.717, 1.165) is 38.5 Å². The molecular weight excluding hydrogens is 383 g/mol. The molecule has 0 spiro atoms. The van der Waals surface area contributed by atoms with Gasteiger partial charge in [-0.25, -0.2) is 0 Å². The van der Waals surface area contributed by atoms with E-state index in [1.807, 2.05) is 12.2 Å². The Morgan fingerprint density at radius 3 is 1.39 bits per heavy atom. The van der Waals surface area contributed by atoms with Crippen LogP contribution in [0.5, 0.6) is 0 Å². The molecule has 0 aliphatic rings. The van der Waals surface area contributed by atoms with E-state index < -0.39 is 8.25 Å². The average molecular weight is 422 g/mol. The Morgan fingerprint density at radius 1 is 0.643 bits per heavy atom. The summed E-state index contributed by atoms with van der Waals surface area (Å²) in [6.45, 7) is 1.21. The summed E-state index contributed by atoms with van der Waals surface area (Å²) in [4.78, 5) is 0. The highest BCUT2D eigenvalue weighted by Crippen LogP contribution is 2.26. The van der Waals surface area contributed by atoms with Crippen LogP contribution in [0.2, 0.25) is 0 Å². The minimum Gasteiger partial charge on any atom is -0.396 e. The van der Waals surface area contributed by atoms with Crippen LogP contribution in [0.4, 0.5) is 0 Å². The van der Waals surface area contributed by atoms with E-state index in [4.69, 9.17) is 29.5 Å². The van der Waals surface area contributed by atoms with Crippen molar-refractivity contribution in [2.45, 2.75) is 64.2 Å². The molecule has 0 bridgehead atoms. The van der Waals surface area contributed by atoms with Gasteiger partial charge < -0.3 is 29.5 Å². The van der Waals surface area contributed by atoms with Crippen molar-refractivity contribution in [3.63, 3.8) is 0 Å². The Balaban J connectivity index is 3.93. The molecule has 0 rings (SSSR count). The molecule has 0 aliphatic heterocycles. The maximum Gasteiger partial charge on any atom is 0.319 e. The van der Waals surface area contributed by atoms with Crippen LogP contribution in [-0.4, -0.2) is 60.1 Å². The topological polar surface area (TPSA) is 116 Å². The lowest BCUT2D eigenvalue weighted by Gasteiger charge is -2.09. The first-order valence-electron chi connectivity index (χ1n) is 10.3. The van der Waals surface area contributed by atoms with Crippen LogP contribution in [0.15, 0.2) is 23.3 Å². The minimum absolute atomic E-state index is 0.109. The van der Waals surface area contributed by atoms with E-state index in [9.17, 15) is 4.57 Å². The summed E-state index contributed by atoms with van der Waals surface area (Å²) in [6, 6.07) is 0. The van der Waals surface area contributed by atoms with Crippen molar-refractivity contribution in [3.8, 4) is 0 Å². The fourth-order valence-corrected chi connectivity index (χ4v) is 3.46. The largest absolute Gasteiger partial charge is 0.396 e. The molecule has 166 valence electrons. The lowest BCUT2D eigenvalue weighted by Crippen LogP contribution is -1.96. The van der Waals surface area contributed by atoms with Gasteiger partial charge in [0.2, 0.25) is 0 Å². The van der Waals surface area contributed by atoms with E-state index in [-0.39, 0.29) is 26.4 Å². The van der Waals surface area contributed by atoms with Crippen molar-refractivity contribution < 1.29 is 34.0 Å². The molecule has 0 atom stereocenters. The number of hydrogen-bond donors (Lipinski definition) is 4. The van der Waals surface area contributed by atoms with E-state index in [1.54, 1.807) is 0 Å². The number of rotatable bonds is 20. The molecule has 0 saturated carbocycles. The van der Waals surface area contributed by atoms with Crippen LogP contribution in [0.3, 0.4) is 0 Å². The Morgan fingerprint density at radius 2 is 1.04 bits per heavy atom. The third-order valence-electron chi connectivity index (χ3n) is 4.16. The van der Waals surface area contributed by atoms with Crippen LogP contribution in [0.25, 0.3) is 0 Å². The molecule has 0 amide bonds. The molecule has 28 heavy (non-hydrogen) atoms. The lowest BCUT2D eigenvalue weighted by atomic mass is 10.0. The fraction of sp³-hybridized carbons (Fsp3) is 0.800. The van der Waals surface area contributed by atoms with Crippen LogP contribution < -0.4 is 0 Å². The van der Waals surface area contributed by atoms with Crippen LogP contribution in [-0.2, 0) is 13.6 Å². The van der Waals surface area contributed by atoms with Crippen molar-refractivity contribution in [1.29, 1.82) is 0 Å². The Bertz CT molecular complexity index is 400. The molecule has 4 N–H and O–H groups in total. The second-order valence-corrected chi connectivity index (χ2v) is 7.64.